The Morgan fingerprint density at radius 2 is 2.23 bits per heavy atom. The molecule has 0 aliphatic heterocycles. The highest BCUT2D eigenvalue weighted by Gasteiger charge is 1.85. The number of hydrogen-bond acceptors (Lipinski definition) is 5. The van der Waals surface area contributed by atoms with Gasteiger partial charge in [-0.15, -0.1) is 0 Å². The number of aliphatic imine (C=N–C) groups is 1. The molecule has 0 atom stereocenters. The Balaban J connectivity index is 2.99. The second kappa shape index (κ2) is 11.6. The maximum absolute atomic E-state index is 5.16. The third kappa shape index (κ3) is 11.7. The van der Waals surface area contributed by atoms with Crippen LogP contribution in [0.4, 0.5) is 0 Å². The molecule has 0 amide bonds. The summed E-state index contributed by atoms with van der Waals surface area (Å²) in [4.78, 5) is 3.69. The molecule has 0 bridgehead atoms. The number of ether oxygens (including phenoxy) is 2. The maximum atomic E-state index is 5.16. The van der Waals surface area contributed by atoms with Gasteiger partial charge < -0.3 is 9.47 Å². The van der Waals surface area contributed by atoms with Gasteiger partial charge in [0.2, 0.25) is 0 Å². The van der Waals surface area contributed by atoms with Crippen LogP contribution in [0.3, 0.4) is 0 Å². The Morgan fingerprint density at radius 1 is 1.38 bits per heavy atom. The number of nitrogens with zero attached hydrogens (tertiary/aromatic N) is 1. The van der Waals surface area contributed by atoms with Crippen molar-refractivity contribution >= 4 is 30.0 Å². The van der Waals surface area contributed by atoms with Gasteiger partial charge in [0.15, 0.2) is 0 Å². The van der Waals surface area contributed by atoms with Crippen molar-refractivity contribution in [2.24, 2.45) is 4.99 Å². The molecular formula is C8H13NO2S2. The molecule has 0 N–H and O–H groups in total. The molecule has 74 valence electrons. The van der Waals surface area contributed by atoms with Gasteiger partial charge in [-0.05, 0) is 18.3 Å². The van der Waals surface area contributed by atoms with Crippen molar-refractivity contribution in [3.05, 3.63) is 12.3 Å². The summed E-state index contributed by atoms with van der Waals surface area (Å²) in [7, 11) is 0. The number of rotatable bonds is 8. The van der Waals surface area contributed by atoms with E-state index in [-0.39, 0.29) is 0 Å². The van der Waals surface area contributed by atoms with E-state index in [1.165, 1.54) is 0 Å². The lowest BCUT2D eigenvalue weighted by molar-refractivity contribution is 0.0898. The summed E-state index contributed by atoms with van der Waals surface area (Å²) < 4.78 is 10.2. The minimum Gasteiger partial charge on any atom is -0.499 e. The van der Waals surface area contributed by atoms with E-state index < -0.39 is 0 Å². The summed E-state index contributed by atoms with van der Waals surface area (Å²) in [6.07, 6.45) is 3.44. The average Bonchev–Trinajstić information content (AvgIpc) is 2.16. The molecule has 13 heavy (non-hydrogen) atoms. The molecule has 5 heteroatoms. The van der Waals surface area contributed by atoms with Crippen LogP contribution in [0.2, 0.25) is 0 Å². The molecule has 0 aromatic heterocycles. The Kier molecular flexibility index (Phi) is 11.3. The Labute approximate surface area is 89.2 Å². The number of isothiocyanates is 1. The van der Waals surface area contributed by atoms with Gasteiger partial charge in [-0.25, -0.2) is 4.99 Å². The first kappa shape index (κ1) is 12.7. The van der Waals surface area contributed by atoms with E-state index in [0.717, 1.165) is 0 Å². The Hall–Kier alpha value is -0.350. The Morgan fingerprint density at radius 3 is 2.92 bits per heavy atom. The predicted molar refractivity (Wildman–Crippen MR) is 59.7 cm³/mol. The predicted octanol–water partition coefficient (Wildman–Crippen LogP) is 1.57. The summed E-state index contributed by atoms with van der Waals surface area (Å²) in [5.74, 6) is 0.685. The minimum absolute atomic E-state index is 0.547. The standard InChI is InChI=1S/C8H13NO2S2/c12-7-1-3-10-5-6-11-4-2-9-8-13/h1,3,12H,2,4-7H2. The smallest absolute Gasteiger partial charge is 0.111 e. The molecule has 0 spiro atoms. The highest BCUT2D eigenvalue weighted by atomic mass is 32.1. The molecule has 0 saturated heterocycles. The van der Waals surface area contributed by atoms with Gasteiger partial charge in [-0.2, -0.15) is 12.6 Å². The van der Waals surface area contributed by atoms with Gasteiger partial charge in [0.05, 0.1) is 31.2 Å². The maximum Gasteiger partial charge on any atom is 0.111 e. The van der Waals surface area contributed by atoms with Crippen LogP contribution in [0.1, 0.15) is 0 Å². The topological polar surface area (TPSA) is 30.8 Å². The third-order valence-corrected chi connectivity index (χ3v) is 1.40. The van der Waals surface area contributed by atoms with E-state index >= 15 is 0 Å². The van der Waals surface area contributed by atoms with Crippen molar-refractivity contribution in [2.45, 2.75) is 0 Å². The van der Waals surface area contributed by atoms with E-state index in [9.17, 15) is 0 Å². The van der Waals surface area contributed by atoms with Gasteiger partial charge in [0.25, 0.3) is 0 Å². The number of hydrogen-bond donors (Lipinski definition) is 1. The first-order valence-electron chi connectivity index (χ1n) is 3.90. The average molecular weight is 219 g/mol. The molecule has 0 fully saturated rings. The van der Waals surface area contributed by atoms with Crippen LogP contribution in [-0.2, 0) is 9.47 Å². The Bertz CT molecular complexity index is 179. The quantitative estimate of drug-likeness (QED) is 0.221. The van der Waals surface area contributed by atoms with E-state index in [4.69, 9.17) is 9.47 Å². The summed E-state index contributed by atoms with van der Waals surface area (Å²) in [5.41, 5.74) is 0. The normalized spacial score (nSPS) is 9.92. The van der Waals surface area contributed by atoms with Crippen LogP contribution in [0.5, 0.6) is 0 Å². The van der Waals surface area contributed by atoms with Crippen LogP contribution in [0, 0.1) is 0 Å². The molecule has 0 aliphatic carbocycles. The van der Waals surface area contributed by atoms with Crippen LogP contribution in [0.15, 0.2) is 17.3 Å². The molecule has 0 aromatic rings. The van der Waals surface area contributed by atoms with Gasteiger partial charge in [-0.1, -0.05) is 0 Å². The van der Waals surface area contributed by atoms with Gasteiger partial charge in [-0.3, -0.25) is 0 Å². The fourth-order valence-corrected chi connectivity index (χ4v) is 0.721. The molecule has 0 rings (SSSR count). The van der Waals surface area contributed by atoms with Gasteiger partial charge in [0.1, 0.15) is 6.61 Å². The molecule has 3 nitrogen and oxygen atoms in total. The molecule has 0 aliphatic rings. The summed E-state index contributed by atoms with van der Waals surface area (Å²) >= 11 is 8.36. The fourth-order valence-electron chi connectivity index (χ4n) is 0.544. The van der Waals surface area contributed by atoms with Crippen molar-refractivity contribution in [3.8, 4) is 0 Å². The monoisotopic (exact) mass is 219 g/mol. The highest BCUT2D eigenvalue weighted by molar-refractivity contribution is 7.80. The second-order valence-electron chi connectivity index (χ2n) is 2.01. The summed E-state index contributed by atoms with van der Waals surface area (Å²) in [6, 6.07) is 0. The van der Waals surface area contributed by atoms with Gasteiger partial charge >= 0.3 is 0 Å². The van der Waals surface area contributed by atoms with Gasteiger partial charge in [0, 0.05) is 5.75 Å². The van der Waals surface area contributed by atoms with E-state index in [0.29, 0.717) is 32.1 Å². The molecule has 0 aromatic carbocycles. The highest BCUT2D eigenvalue weighted by Crippen LogP contribution is 1.82. The van der Waals surface area contributed by atoms with Crippen molar-refractivity contribution < 1.29 is 9.47 Å². The fraction of sp³-hybridized carbons (Fsp3) is 0.625. The third-order valence-electron chi connectivity index (χ3n) is 1.06. The number of thiol groups is 1. The molecule has 0 radical (unpaired) electrons. The molecular weight excluding hydrogens is 206 g/mol. The van der Waals surface area contributed by atoms with Crippen molar-refractivity contribution in [3.63, 3.8) is 0 Å². The van der Waals surface area contributed by atoms with Crippen molar-refractivity contribution in [1.29, 1.82) is 0 Å². The van der Waals surface area contributed by atoms with Crippen molar-refractivity contribution in [1.82, 2.24) is 0 Å². The zero-order valence-corrected chi connectivity index (χ0v) is 9.02. The first-order chi connectivity index (χ1) is 6.41. The minimum atomic E-state index is 0.547. The molecule has 0 heterocycles. The molecule has 0 unspecified atom stereocenters. The van der Waals surface area contributed by atoms with Crippen LogP contribution >= 0.6 is 24.8 Å². The first-order valence-corrected chi connectivity index (χ1v) is 4.94. The summed E-state index contributed by atoms with van der Waals surface area (Å²) in [5, 5.41) is 2.26. The van der Waals surface area contributed by atoms with E-state index in [1.807, 2.05) is 6.08 Å². The lowest BCUT2D eigenvalue weighted by Crippen LogP contribution is -2.04. The zero-order chi connectivity index (χ0) is 9.78. The largest absolute Gasteiger partial charge is 0.499 e. The van der Waals surface area contributed by atoms with E-state index in [1.54, 1.807) is 6.26 Å². The van der Waals surface area contributed by atoms with E-state index in [2.05, 4.69) is 35.0 Å². The van der Waals surface area contributed by atoms with Crippen LogP contribution in [0.25, 0.3) is 0 Å². The summed E-state index contributed by atoms with van der Waals surface area (Å²) in [6.45, 7) is 2.23. The van der Waals surface area contributed by atoms with Crippen molar-refractivity contribution in [2.75, 3.05) is 32.1 Å². The van der Waals surface area contributed by atoms with Crippen LogP contribution < -0.4 is 0 Å². The zero-order valence-electron chi connectivity index (χ0n) is 7.31. The second-order valence-corrected chi connectivity index (χ2v) is 2.56. The lowest BCUT2D eigenvalue weighted by atomic mass is 10.7. The van der Waals surface area contributed by atoms with Crippen LogP contribution in [-0.4, -0.2) is 37.3 Å². The SMILES string of the molecule is S=C=NCCOCCOC=CCS. The number of thiocarbonyl (C=S) groups is 1. The molecule has 0 saturated carbocycles. The lowest BCUT2D eigenvalue weighted by Gasteiger charge is -2.01.